The molecule has 1 rings (SSSR count). The molecule has 0 aromatic carbocycles. The van der Waals surface area contributed by atoms with Crippen LogP contribution < -0.4 is 0 Å². The maximum atomic E-state index is 9.56. The van der Waals surface area contributed by atoms with E-state index in [0.29, 0.717) is 11.5 Å². The van der Waals surface area contributed by atoms with Crippen molar-refractivity contribution < 1.29 is 5.11 Å². The minimum absolute atomic E-state index is 0.316. The molecular formula is C10H21NO. The van der Waals surface area contributed by atoms with Crippen LogP contribution in [0.5, 0.6) is 0 Å². The van der Waals surface area contributed by atoms with Gasteiger partial charge in [0.25, 0.3) is 0 Å². The second kappa shape index (κ2) is 2.71. The Kier molecular flexibility index (Phi) is 2.26. The average molecular weight is 171 g/mol. The number of aliphatic hydroxyl groups is 1. The van der Waals surface area contributed by atoms with E-state index in [1.165, 1.54) is 0 Å². The zero-order valence-electron chi connectivity index (χ0n) is 8.89. The summed E-state index contributed by atoms with van der Waals surface area (Å²) in [5.74, 6) is 0. The van der Waals surface area contributed by atoms with Crippen LogP contribution in [0.3, 0.4) is 0 Å². The van der Waals surface area contributed by atoms with E-state index in [1.54, 1.807) is 0 Å². The molecule has 1 fully saturated rings. The molecule has 0 amide bonds. The van der Waals surface area contributed by atoms with E-state index in [-0.39, 0.29) is 0 Å². The summed E-state index contributed by atoms with van der Waals surface area (Å²) < 4.78 is 0. The van der Waals surface area contributed by atoms with Gasteiger partial charge in [0.15, 0.2) is 0 Å². The highest BCUT2D eigenvalue weighted by atomic mass is 16.3. The van der Waals surface area contributed by atoms with E-state index in [0.717, 1.165) is 13.1 Å². The van der Waals surface area contributed by atoms with E-state index in [4.69, 9.17) is 0 Å². The fourth-order valence-corrected chi connectivity index (χ4v) is 1.65. The van der Waals surface area contributed by atoms with Crippen molar-refractivity contribution in [1.29, 1.82) is 0 Å². The molecule has 0 saturated carbocycles. The van der Waals surface area contributed by atoms with Gasteiger partial charge in [-0.25, -0.2) is 0 Å². The lowest BCUT2D eigenvalue weighted by molar-refractivity contribution is -0.115. The van der Waals surface area contributed by atoms with Gasteiger partial charge in [-0.05, 0) is 19.3 Å². The lowest BCUT2D eigenvalue weighted by Crippen LogP contribution is -2.64. The molecule has 0 aromatic rings. The van der Waals surface area contributed by atoms with E-state index < -0.39 is 5.60 Å². The third-order valence-electron chi connectivity index (χ3n) is 2.89. The SMILES string of the molecule is CC(N1CC(C)(O)C1)C(C)(C)C. The number of rotatable bonds is 1. The predicted octanol–water partition coefficient (Wildman–Crippen LogP) is 1.49. The normalized spacial score (nSPS) is 26.5. The first-order chi connectivity index (χ1) is 5.22. The molecule has 2 nitrogen and oxygen atoms in total. The van der Waals surface area contributed by atoms with Crippen molar-refractivity contribution in [2.24, 2.45) is 5.41 Å². The van der Waals surface area contributed by atoms with Crippen LogP contribution in [-0.2, 0) is 0 Å². The van der Waals surface area contributed by atoms with Crippen molar-refractivity contribution in [3.63, 3.8) is 0 Å². The molecule has 1 N–H and O–H groups in total. The average Bonchev–Trinajstić information content (AvgIpc) is 1.78. The largest absolute Gasteiger partial charge is 0.388 e. The zero-order valence-corrected chi connectivity index (χ0v) is 8.89. The summed E-state index contributed by atoms with van der Waals surface area (Å²) in [5.41, 5.74) is -0.115. The van der Waals surface area contributed by atoms with Crippen molar-refractivity contribution in [3.05, 3.63) is 0 Å². The van der Waals surface area contributed by atoms with Crippen LogP contribution >= 0.6 is 0 Å². The number of hydrogen-bond donors (Lipinski definition) is 1. The Hall–Kier alpha value is -0.0800. The van der Waals surface area contributed by atoms with Crippen molar-refractivity contribution in [1.82, 2.24) is 4.90 Å². The highest BCUT2D eigenvalue weighted by molar-refractivity contribution is 4.96. The molecule has 72 valence electrons. The van der Waals surface area contributed by atoms with Gasteiger partial charge in [-0.3, -0.25) is 4.90 Å². The fraction of sp³-hybridized carbons (Fsp3) is 1.00. The summed E-state index contributed by atoms with van der Waals surface area (Å²) in [4.78, 5) is 2.33. The Balaban J connectivity index is 2.43. The number of nitrogens with zero attached hydrogens (tertiary/aromatic N) is 1. The lowest BCUT2D eigenvalue weighted by atomic mass is 9.83. The van der Waals surface area contributed by atoms with Gasteiger partial charge in [0.05, 0.1) is 5.60 Å². The molecular weight excluding hydrogens is 150 g/mol. The summed E-state index contributed by atoms with van der Waals surface area (Å²) in [6, 6.07) is 0.553. The quantitative estimate of drug-likeness (QED) is 0.646. The van der Waals surface area contributed by atoms with Gasteiger partial charge >= 0.3 is 0 Å². The number of likely N-dealkylation sites (tertiary alicyclic amines) is 1. The maximum Gasteiger partial charge on any atom is 0.0872 e. The van der Waals surface area contributed by atoms with Gasteiger partial charge in [-0.15, -0.1) is 0 Å². The van der Waals surface area contributed by atoms with E-state index >= 15 is 0 Å². The van der Waals surface area contributed by atoms with Gasteiger partial charge in [0.2, 0.25) is 0 Å². The van der Waals surface area contributed by atoms with Crippen molar-refractivity contribution in [3.8, 4) is 0 Å². The second-order valence-electron chi connectivity index (χ2n) is 5.44. The minimum atomic E-state index is -0.431. The minimum Gasteiger partial charge on any atom is -0.388 e. The molecule has 1 aliphatic rings. The van der Waals surface area contributed by atoms with Gasteiger partial charge in [0.1, 0.15) is 0 Å². The van der Waals surface area contributed by atoms with Gasteiger partial charge < -0.3 is 5.11 Å². The lowest BCUT2D eigenvalue weighted by Gasteiger charge is -2.51. The number of hydrogen-bond acceptors (Lipinski definition) is 2. The molecule has 0 radical (unpaired) electrons. The molecule has 0 aliphatic carbocycles. The highest BCUT2D eigenvalue weighted by Gasteiger charge is 2.41. The topological polar surface area (TPSA) is 23.5 Å². The smallest absolute Gasteiger partial charge is 0.0872 e. The molecule has 1 saturated heterocycles. The maximum absolute atomic E-state index is 9.56. The Morgan fingerprint density at radius 1 is 1.33 bits per heavy atom. The summed E-state index contributed by atoms with van der Waals surface area (Å²) in [6.07, 6.45) is 0. The molecule has 1 unspecified atom stereocenters. The molecule has 0 aromatic heterocycles. The summed E-state index contributed by atoms with van der Waals surface area (Å²) in [5, 5.41) is 9.56. The molecule has 0 bridgehead atoms. The third kappa shape index (κ3) is 1.99. The van der Waals surface area contributed by atoms with Crippen molar-refractivity contribution >= 4 is 0 Å². The number of β-amino-alcohol motifs (C(OH)–C–C–N with tert-alkyl or cyclic N) is 1. The van der Waals surface area contributed by atoms with Crippen LogP contribution in [0.2, 0.25) is 0 Å². The first-order valence-corrected chi connectivity index (χ1v) is 4.69. The van der Waals surface area contributed by atoms with Crippen LogP contribution in [0.15, 0.2) is 0 Å². The van der Waals surface area contributed by atoms with Gasteiger partial charge in [-0.1, -0.05) is 20.8 Å². The van der Waals surface area contributed by atoms with E-state index in [9.17, 15) is 5.11 Å². The monoisotopic (exact) mass is 171 g/mol. The Morgan fingerprint density at radius 2 is 1.75 bits per heavy atom. The van der Waals surface area contributed by atoms with E-state index in [1.807, 2.05) is 6.92 Å². The molecule has 2 heteroatoms. The Bertz CT molecular complexity index is 161. The molecule has 1 heterocycles. The van der Waals surface area contributed by atoms with E-state index in [2.05, 4.69) is 32.6 Å². The summed E-state index contributed by atoms with van der Waals surface area (Å²) in [6.45, 7) is 12.5. The van der Waals surface area contributed by atoms with Gasteiger partial charge in [0, 0.05) is 19.1 Å². The third-order valence-corrected chi connectivity index (χ3v) is 2.89. The first-order valence-electron chi connectivity index (χ1n) is 4.69. The second-order valence-corrected chi connectivity index (χ2v) is 5.44. The highest BCUT2D eigenvalue weighted by Crippen LogP contribution is 2.31. The summed E-state index contributed by atoms with van der Waals surface area (Å²) in [7, 11) is 0. The first kappa shape index (κ1) is 10.0. The standard InChI is InChI=1S/C10H21NO/c1-8(9(2,3)4)11-6-10(5,12)7-11/h8,12H,6-7H2,1-5H3. The molecule has 1 aliphatic heterocycles. The van der Waals surface area contributed by atoms with Crippen LogP contribution in [0.4, 0.5) is 0 Å². The van der Waals surface area contributed by atoms with Crippen molar-refractivity contribution in [2.45, 2.75) is 46.3 Å². The zero-order chi connectivity index (χ0) is 9.57. The predicted molar refractivity (Wildman–Crippen MR) is 51.1 cm³/mol. The van der Waals surface area contributed by atoms with Crippen molar-refractivity contribution in [2.75, 3.05) is 13.1 Å². The van der Waals surface area contributed by atoms with Crippen LogP contribution in [-0.4, -0.2) is 34.7 Å². The molecule has 12 heavy (non-hydrogen) atoms. The van der Waals surface area contributed by atoms with Crippen LogP contribution in [0.1, 0.15) is 34.6 Å². The fourth-order valence-electron chi connectivity index (χ4n) is 1.65. The van der Waals surface area contributed by atoms with Crippen LogP contribution in [0.25, 0.3) is 0 Å². The molecule has 1 atom stereocenters. The molecule has 0 spiro atoms. The Labute approximate surface area is 75.6 Å². The summed E-state index contributed by atoms with van der Waals surface area (Å²) >= 11 is 0. The Morgan fingerprint density at radius 3 is 2.00 bits per heavy atom. The van der Waals surface area contributed by atoms with Gasteiger partial charge in [-0.2, -0.15) is 0 Å². The van der Waals surface area contributed by atoms with Crippen LogP contribution in [0, 0.1) is 5.41 Å².